The van der Waals surface area contributed by atoms with Crippen molar-refractivity contribution in [1.29, 1.82) is 0 Å². The molecule has 4 heteroatoms. The lowest BCUT2D eigenvalue weighted by Gasteiger charge is -2.36. The maximum absolute atomic E-state index is 11.8. The molecule has 2 aromatic carbocycles. The lowest BCUT2D eigenvalue weighted by molar-refractivity contribution is -0.144. The van der Waals surface area contributed by atoms with E-state index in [1.807, 2.05) is 26.0 Å². The van der Waals surface area contributed by atoms with Gasteiger partial charge in [-0.25, -0.2) is 0 Å². The number of carbonyl (C=O) groups excluding carboxylic acids is 2. The number of hydrogen-bond donors (Lipinski definition) is 0. The molecule has 0 heterocycles. The first-order chi connectivity index (χ1) is 15.1. The molecule has 0 atom stereocenters. The van der Waals surface area contributed by atoms with Gasteiger partial charge in [-0.05, 0) is 50.7 Å². The molecule has 2 aromatic rings. The summed E-state index contributed by atoms with van der Waals surface area (Å²) < 4.78 is 10.2. The molecule has 4 nitrogen and oxygen atoms in total. The molecule has 0 unspecified atom stereocenters. The SMILES string of the molecule is CCOC(=O)CCCCC(CCCCC(=O)OCC)(c1ccccc1)c1ccccc1. The quantitative estimate of drug-likeness (QED) is 0.267. The van der Waals surface area contributed by atoms with E-state index in [1.54, 1.807) is 0 Å². The third kappa shape index (κ3) is 7.86. The van der Waals surface area contributed by atoms with Crippen molar-refractivity contribution in [2.75, 3.05) is 13.2 Å². The number of esters is 2. The molecule has 0 aliphatic heterocycles. The van der Waals surface area contributed by atoms with Gasteiger partial charge in [-0.2, -0.15) is 0 Å². The van der Waals surface area contributed by atoms with Crippen LogP contribution in [0, 0.1) is 0 Å². The molecule has 31 heavy (non-hydrogen) atoms. The van der Waals surface area contributed by atoms with E-state index in [9.17, 15) is 9.59 Å². The maximum atomic E-state index is 11.8. The highest BCUT2D eigenvalue weighted by atomic mass is 16.5. The van der Waals surface area contributed by atoms with Crippen molar-refractivity contribution in [3.05, 3.63) is 71.8 Å². The topological polar surface area (TPSA) is 52.6 Å². The Hall–Kier alpha value is -2.62. The van der Waals surface area contributed by atoms with Gasteiger partial charge in [0.15, 0.2) is 0 Å². The first-order valence-corrected chi connectivity index (χ1v) is 11.5. The van der Waals surface area contributed by atoms with E-state index in [0.717, 1.165) is 38.5 Å². The van der Waals surface area contributed by atoms with E-state index >= 15 is 0 Å². The Bertz CT molecular complexity index is 703. The molecule has 0 bridgehead atoms. The second kappa shape index (κ2) is 13.6. The summed E-state index contributed by atoms with van der Waals surface area (Å²) in [5.74, 6) is -0.246. The van der Waals surface area contributed by atoms with Crippen LogP contribution >= 0.6 is 0 Å². The third-order valence-electron chi connectivity index (χ3n) is 5.73. The predicted molar refractivity (Wildman–Crippen MR) is 124 cm³/mol. The van der Waals surface area contributed by atoms with Crippen molar-refractivity contribution in [2.24, 2.45) is 0 Å². The van der Waals surface area contributed by atoms with Crippen LogP contribution in [0.15, 0.2) is 60.7 Å². The van der Waals surface area contributed by atoms with Gasteiger partial charge < -0.3 is 9.47 Å². The summed E-state index contributed by atoms with van der Waals surface area (Å²) in [6.07, 6.45) is 6.28. The van der Waals surface area contributed by atoms with Gasteiger partial charge in [0.25, 0.3) is 0 Å². The zero-order chi connectivity index (χ0) is 22.4. The molecule has 168 valence electrons. The summed E-state index contributed by atoms with van der Waals surface area (Å²) in [5.41, 5.74) is 2.42. The van der Waals surface area contributed by atoms with E-state index in [2.05, 4.69) is 48.5 Å². The van der Waals surface area contributed by atoms with Crippen LogP contribution in [0.1, 0.15) is 76.3 Å². The molecule has 2 rings (SSSR count). The molecule has 0 amide bonds. The molecule has 0 radical (unpaired) electrons. The molecule has 0 spiro atoms. The molecule has 0 saturated heterocycles. The number of carbonyl (C=O) groups is 2. The van der Waals surface area contributed by atoms with Crippen LogP contribution in [0.2, 0.25) is 0 Å². The molecular formula is C27H36O4. The van der Waals surface area contributed by atoms with Crippen molar-refractivity contribution in [2.45, 2.75) is 70.6 Å². The van der Waals surface area contributed by atoms with Gasteiger partial charge >= 0.3 is 11.9 Å². The highest BCUT2D eigenvalue weighted by Gasteiger charge is 2.33. The fourth-order valence-corrected chi connectivity index (χ4v) is 4.24. The van der Waals surface area contributed by atoms with Gasteiger partial charge in [0.05, 0.1) is 13.2 Å². The van der Waals surface area contributed by atoms with Crippen molar-refractivity contribution < 1.29 is 19.1 Å². The van der Waals surface area contributed by atoms with Crippen molar-refractivity contribution >= 4 is 11.9 Å². The number of benzene rings is 2. The fraction of sp³-hybridized carbons (Fsp3) is 0.481. The Labute approximate surface area is 187 Å². The Balaban J connectivity index is 2.18. The number of ether oxygens (including phenoxy) is 2. The minimum absolute atomic E-state index is 0.123. The maximum Gasteiger partial charge on any atom is 0.305 e. The van der Waals surface area contributed by atoms with Gasteiger partial charge in [-0.3, -0.25) is 9.59 Å². The van der Waals surface area contributed by atoms with E-state index in [4.69, 9.17) is 9.47 Å². The summed E-state index contributed by atoms with van der Waals surface area (Å²) in [6, 6.07) is 21.2. The molecule has 0 aromatic heterocycles. The van der Waals surface area contributed by atoms with Gasteiger partial charge in [-0.15, -0.1) is 0 Å². The molecular weight excluding hydrogens is 388 g/mol. The van der Waals surface area contributed by atoms with Gasteiger partial charge in [0.1, 0.15) is 0 Å². The Morgan fingerprint density at radius 2 is 1.03 bits per heavy atom. The minimum Gasteiger partial charge on any atom is -0.466 e. The number of hydrogen-bond acceptors (Lipinski definition) is 4. The first kappa shape index (κ1) is 24.6. The first-order valence-electron chi connectivity index (χ1n) is 11.5. The number of unbranched alkanes of at least 4 members (excludes halogenated alkanes) is 2. The summed E-state index contributed by atoms with van der Waals surface area (Å²) >= 11 is 0. The lowest BCUT2D eigenvalue weighted by atomic mass is 9.68. The Morgan fingerprint density at radius 3 is 1.39 bits per heavy atom. The second-order valence-electron chi connectivity index (χ2n) is 7.84. The zero-order valence-electron chi connectivity index (χ0n) is 19.0. The van der Waals surface area contributed by atoms with Crippen LogP contribution in [0.3, 0.4) is 0 Å². The van der Waals surface area contributed by atoms with E-state index in [1.165, 1.54) is 11.1 Å². The predicted octanol–water partition coefficient (Wildman–Crippen LogP) is 6.22. The number of rotatable bonds is 14. The van der Waals surface area contributed by atoms with Crippen LogP contribution in [0.5, 0.6) is 0 Å². The largest absolute Gasteiger partial charge is 0.466 e. The van der Waals surface area contributed by atoms with Crippen LogP contribution in [-0.2, 0) is 24.5 Å². The lowest BCUT2D eigenvalue weighted by Crippen LogP contribution is -2.28. The van der Waals surface area contributed by atoms with E-state index < -0.39 is 0 Å². The van der Waals surface area contributed by atoms with Crippen LogP contribution in [0.25, 0.3) is 0 Å². The minimum atomic E-state index is -0.147. The highest BCUT2D eigenvalue weighted by Crippen LogP contribution is 2.42. The van der Waals surface area contributed by atoms with E-state index in [0.29, 0.717) is 26.1 Å². The normalized spacial score (nSPS) is 11.2. The average Bonchev–Trinajstić information content (AvgIpc) is 2.80. The highest BCUT2D eigenvalue weighted by molar-refractivity contribution is 5.69. The summed E-state index contributed by atoms with van der Waals surface area (Å²) in [7, 11) is 0. The van der Waals surface area contributed by atoms with Crippen LogP contribution in [0.4, 0.5) is 0 Å². The van der Waals surface area contributed by atoms with Crippen LogP contribution < -0.4 is 0 Å². The third-order valence-corrected chi connectivity index (χ3v) is 5.73. The van der Waals surface area contributed by atoms with Crippen molar-refractivity contribution in [3.8, 4) is 0 Å². The molecule has 0 aliphatic rings. The molecule has 0 N–H and O–H groups in total. The fourth-order valence-electron chi connectivity index (χ4n) is 4.24. The molecule has 0 aliphatic carbocycles. The van der Waals surface area contributed by atoms with Crippen molar-refractivity contribution in [1.82, 2.24) is 0 Å². The smallest absolute Gasteiger partial charge is 0.305 e. The molecule has 0 fully saturated rings. The Kier molecular flexibility index (Phi) is 10.8. The summed E-state index contributed by atoms with van der Waals surface area (Å²) in [5, 5.41) is 0. The average molecular weight is 425 g/mol. The zero-order valence-corrected chi connectivity index (χ0v) is 19.0. The van der Waals surface area contributed by atoms with E-state index in [-0.39, 0.29) is 17.4 Å². The van der Waals surface area contributed by atoms with Crippen molar-refractivity contribution in [3.63, 3.8) is 0 Å². The van der Waals surface area contributed by atoms with Gasteiger partial charge in [-0.1, -0.05) is 73.5 Å². The van der Waals surface area contributed by atoms with Gasteiger partial charge in [0, 0.05) is 18.3 Å². The monoisotopic (exact) mass is 424 g/mol. The Morgan fingerprint density at radius 1 is 0.645 bits per heavy atom. The standard InChI is InChI=1S/C27H36O4/c1-3-30-25(28)19-11-13-21-27(23-15-7-5-8-16-23,24-17-9-6-10-18-24)22-14-12-20-26(29)31-4-2/h5-10,15-18H,3-4,11-14,19-22H2,1-2H3. The summed E-state index contributed by atoms with van der Waals surface area (Å²) in [6.45, 7) is 4.53. The molecule has 0 saturated carbocycles. The summed E-state index contributed by atoms with van der Waals surface area (Å²) in [4.78, 5) is 23.5. The van der Waals surface area contributed by atoms with Gasteiger partial charge in [0.2, 0.25) is 0 Å². The second-order valence-corrected chi connectivity index (χ2v) is 7.84. The van der Waals surface area contributed by atoms with Crippen LogP contribution in [-0.4, -0.2) is 25.2 Å².